The van der Waals surface area contributed by atoms with Gasteiger partial charge in [0.25, 0.3) is 0 Å². The summed E-state index contributed by atoms with van der Waals surface area (Å²) in [6.07, 6.45) is 2.03. The predicted octanol–water partition coefficient (Wildman–Crippen LogP) is 12.9. The molecule has 0 unspecified atom stereocenters. The van der Waals surface area contributed by atoms with Gasteiger partial charge in [0.15, 0.2) is 0 Å². The van der Waals surface area contributed by atoms with E-state index in [4.69, 9.17) is 4.42 Å². The van der Waals surface area contributed by atoms with E-state index in [1.165, 1.54) is 76.8 Å². The minimum atomic E-state index is 0.924. The van der Waals surface area contributed by atoms with Crippen LogP contribution in [0.25, 0.3) is 87.6 Å². The molecule has 0 spiro atoms. The highest BCUT2D eigenvalue weighted by Crippen LogP contribution is 2.48. The number of hydrogen-bond acceptors (Lipinski definition) is 1. The maximum atomic E-state index is 6.63. The van der Waals surface area contributed by atoms with Gasteiger partial charge in [-0.05, 0) is 109 Å². The van der Waals surface area contributed by atoms with E-state index in [0.29, 0.717) is 0 Å². The molecule has 0 fully saturated rings. The van der Waals surface area contributed by atoms with Crippen molar-refractivity contribution in [3.63, 3.8) is 0 Å². The lowest BCUT2D eigenvalue weighted by atomic mass is 9.82. The molecule has 1 heteroatoms. The highest BCUT2D eigenvalue weighted by Gasteiger charge is 2.21. The van der Waals surface area contributed by atoms with Gasteiger partial charge < -0.3 is 4.42 Å². The van der Waals surface area contributed by atoms with Gasteiger partial charge in [0.05, 0.1) is 0 Å². The zero-order valence-electron chi connectivity index (χ0n) is 26.4. The molecular formula is C45H34O. The SMILES string of the molecule is CCc1ccc(-c2cc(-c3cccc4c3oc3ccccc34)c3ccc4ccc(-c5ccccc5CC)c5ccc2c3c45)c(C)c1. The average Bonchev–Trinajstić information content (AvgIpc) is 3.49. The molecule has 1 aromatic heterocycles. The Hall–Kier alpha value is -5.40. The molecular weight excluding hydrogens is 556 g/mol. The standard InChI is InChI=1S/C45H34O/c1-4-28-17-20-31(27(3)25-28)40-26-41(39-15-10-14-38-34-13-8-9-16-42(34)46-45(38)39)36-22-19-30-18-21-33(32-12-7-6-11-29(32)5-2)35-23-24-37(40)44(36)43(30)35/h6-26H,4-5H2,1-3H3. The van der Waals surface area contributed by atoms with Crippen LogP contribution in [0.3, 0.4) is 0 Å². The number of rotatable bonds is 5. The first kappa shape index (κ1) is 27.0. The van der Waals surface area contributed by atoms with Gasteiger partial charge in [0, 0.05) is 16.3 Å². The number of hydrogen-bond donors (Lipinski definition) is 0. The number of benzene rings is 8. The van der Waals surface area contributed by atoms with Gasteiger partial charge in [-0.25, -0.2) is 0 Å². The van der Waals surface area contributed by atoms with Gasteiger partial charge in [-0.15, -0.1) is 0 Å². The van der Waals surface area contributed by atoms with Gasteiger partial charge in [0.2, 0.25) is 0 Å². The summed E-state index contributed by atoms with van der Waals surface area (Å²) in [7, 11) is 0. The minimum absolute atomic E-state index is 0.924. The second kappa shape index (κ2) is 10.3. The highest BCUT2D eigenvalue weighted by atomic mass is 16.3. The molecule has 0 bridgehead atoms. The summed E-state index contributed by atoms with van der Waals surface area (Å²) in [5, 5.41) is 10.1. The maximum absolute atomic E-state index is 6.63. The molecule has 46 heavy (non-hydrogen) atoms. The van der Waals surface area contributed by atoms with Gasteiger partial charge in [-0.3, -0.25) is 0 Å². The Bertz CT molecular complexity index is 2610. The first-order chi connectivity index (χ1) is 22.6. The monoisotopic (exact) mass is 590 g/mol. The fourth-order valence-electron chi connectivity index (χ4n) is 7.88. The molecule has 1 heterocycles. The predicted molar refractivity (Wildman–Crippen MR) is 197 cm³/mol. The van der Waals surface area contributed by atoms with Crippen molar-refractivity contribution in [2.75, 3.05) is 0 Å². The van der Waals surface area contributed by atoms with Crippen LogP contribution in [0, 0.1) is 6.92 Å². The number of aryl methyl sites for hydroxylation is 3. The van der Waals surface area contributed by atoms with Crippen molar-refractivity contribution < 1.29 is 4.42 Å². The average molecular weight is 591 g/mol. The first-order valence-corrected chi connectivity index (χ1v) is 16.5. The first-order valence-electron chi connectivity index (χ1n) is 16.5. The van der Waals surface area contributed by atoms with Crippen LogP contribution in [0.5, 0.6) is 0 Å². The number of furan rings is 1. The summed E-state index contributed by atoms with van der Waals surface area (Å²) in [4.78, 5) is 0. The summed E-state index contributed by atoms with van der Waals surface area (Å²) in [5.41, 5.74) is 13.4. The van der Waals surface area contributed by atoms with E-state index in [2.05, 4.69) is 148 Å². The largest absolute Gasteiger partial charge is 0.455 e. The Labute approximate surface area is 269 Å². The molecule has 0 radical (unpaired) electrons. The van der Waals surface area contributed by atoms with E-state index in [1.807, 2.05) is 0 Å². The molecule has 220 valence electrons. The minimum Gasteiger partial charge on any atom is -0.455 e. The van der Waals surface area contributed by atoms with E-state index >= 15 is 0 Å². The van der Waals surface area contributed by atoms with Gasteiger partial charge in [0.1, 0.15) is 11.2 Å². The summed E-state index contributed by atoms with van der Waals surface area (Å²) in [6, 6.07) is 47.2. The molecule has 1 nitrogen and oxygen atoms in total. The van der Waals surface area contributed by atoms with Crippen molar-refractivity contribution in [1.29, 1.82) is 0 Å². The zero-order chi connectivity index (χ0) is 30.9. The van der Waals surface area contributed by atoms with Crippen LogP contribution >= 0.6 is 0 Å². The van der Waals surface area contributed by atoms with Crippen molar-refractivity contribution in [3.05, 3.63) is 144 Å². The molecule has 0 atom stereocenters. The molecule has 0 aliphatic heterocycles. The molecule has 0 aliphatic rings. The number of para-hydroxylation sites is 2. The van der Waals surface area contributed by atoms with Crippen LogP contribution in [0.1, 0.15) is 30.5 Å². The lowest BCUT2D eigenvalue weighted by Crippen LogP contribution is -1.95. The van der Waals surface area contributed by atoms with E-state index in [0.717, 1.165) is 40.3 Å². The van der Waals surface area contributed by atoms with Gasteiger partial charge in [-0.1, -0.05) is 129 Å². The van der Waals surface area contributed by atoms with E-state index in [9.17, 15) is 0 Å². The fraction of sp³-hybridized carbons (Fsp3) is 0.111. The van der Waals surface area contributed by atoms with Crippen LogP contribution < -0.4 is 0 Å². The third-order valence-corrected chi connectivity index (χ3v) is 10.2. The molecule has 8 aromatic carbocycles. The molecule has 0 saturated carbocycles. The van der Waals surface area contributed by atoms with Crippen LogP contribution in [0.4, 0.5) is 0 Å². The van der Waals surface area contributed by atoms with Crippen molar-refractivity contribution in [1.82, 2.24) is 0 Å². The summed E-state index contributed by atoms with van der Waals surface area (Å²) < 4.78 is 6.63. The van der Waals surface area contributed by atoms with Crippen molar-refractivity contribution in [2.24, 2.45) is 0 Å². The third-order valence-electron chi connectivity index (χ3n) is 10.2. The second-order valence-corrected chi connectivity index (χ2v) is 12.6. The van der Waals surface area contributed by atoms with Crippen LogP contribution in [0.15, 0.2) is 132 Å². The Balaban J connectivity index is 1.45. The zero-order valence-corrected chi connectivity index (χ0v) is 26.4. The van der Waals surface area contributed by atoms with Crippen molar-refractivity contribution >= 4 is 54.3 Å². The lowest BCUT2D eigenvalue weighted by Gasteiger charge is -2.21. The van der Waals surface area contributed by atoms with Gasteiger partial charge >= 0.3 is 0 Å². The maximum Gasteiger partial charge on any atom is 0.143 e. The topological polar surface area (TPSA) is 13.1 Å². The molecule has 9 rings (SSSR count). The Kier molecular flexibility index (Phi) is 6.05. The molecule has 0 N–H and O–H groups in total. The van der Waals surface area contributed by atoms with Crippen LogP contribution in [0.2, 0.25) is 0 Å². The van der Waals surface area contributed by atoms with Crippen molar-refractivity contribution in [2.45, 2.75) is 33.6 Å². The normalized spacial score (nSPS) is 12.0. The Morgan fingerprint density at radius 2 is 1.13 bits per heavy atom. The van der Waals surface area contributed by atoms with E-state index in [1.54, 1.807) is 0 Å². The Morgan fingerprint density at radius 1 is 0.457 bits per heavy atom. The summed E-state index contributed by atoms with van der Waals surface area (Å²) >= 11 is 0. The van der Waals surface area contributed by atoms with Gasteiger partial charge in [-0.2, -0.15) is 0 Å². The smallest absolute Gasteiger partial charge is 0.143 e. The van der Waals surface area contributed by atoms with Crippen LogP contribution in [-0.2, 0) is 12.8 Å². The summed E-state index contributed by atoms with van der Waals surface area (Å²) in [5.74, 6) is 0. The quantitative estimate of drug-likeness (QED) is 0.182. The van der Waals surface area contributed by atoms with Crippen molar-refractivity contribution in [3.8, 4) is 33.4 Å². The molecule has 0 saturated heterocycles. The summed E-state index contributed by atoms with van der Waals surface area (Å²) in [6.45, 7) is 6.73. The lowest BCUT2D eigenvalue weighted by molar-refractivity contribution is 0.670. The number of fused-ring (bicyclic) bond motifs is 3. The van der Waals surface area contributed by atoms with E-state index in [-0.39, 0.29) is 0 Å². The third kappa shape index (κ3) is 3.88. The molecule has 0 amide bonds. The second-order valence-electron chi connectivity index (χ2n) is 12.6. The Morgan fingerprint density at radius 3 is 1.96 bits per heavy atom. The highest BCUT2D eigenvalue weighted by molar-refractivity contribution is 6.30. The van der Waals surface area contributed by atoms with Crippen LogP contribution in [-0.4, -0.2) is 0 Å². The molecule has 9 aromatic rings. The van der Waals surface area contributed by atoms with E-state index < -0.39 is 0 Å². The fourth-order valence-corrected chi connectivity index (χ4v) is 7.88. The molecule has 0 aliphatic carbocycles.